The molecule has 4 nitrogen and oxygen atoms in total. The molecule has 0 heterocycles. The Kier molecular flexibility index (Phi) is 9.67. The van der Waals surface area contributed by atoms with Crippen molar-refractivity contribution in [1.82, 2.24) is 5.32 Å². The van der Waals surface area contributed by atoms with E-state index in [0.29, 0.717) is 22.2 Å². The molecule has 0 fully saturated rings. The number of nitrogens with two attached hydrogens (primary N) is 1. The quantitative estimate of drug-likeness (QED) is 0.683. The minimum absolute atomic E-state index is 0. The second-order valence-corrected chi connectivity index (χ2v) is 5.13. The van der Waals surface area contributed by atoms with Gasteiger partial charge in [0.15, 0.2) is 0 Å². The van der Waals surface area contributed by atoms with Crippen LogP contribution in [0.5, 0.6) is 5.75 Å². The molecule has 9 heteroatoms. The molecule has 1 aromatic rings. The van der Waals surface area contributed by atoms with Crippen molar-refractivity contribution < 1.29 is 18.3 Å². The summed E-state index contributed by atoms with van der Waals surface area (Å²) in [5, 5.41) is 2.79. The number of benzene rings is 1. The summed E-state index contributed by atoms with van der Waals surface area (Å²) in [5.74, 6) is -3.15. The summed E-state index contributed by atoms with van der Waals surface area (Å²) in [4.78, 5) is 11.4. The van der Waals surface area contributed by atoms with Crippen molar-refractivity contribution in [2.45, 2.75) is 18.8 Å². The van der Waals surface area contributed by atoms with Gasteiger partial charge in [-0.1, -0.05) is 29.3 Å². The van der Waals surface area contributed by atoms with Gasteiger partial charge in [0.2, 0.25) is 5.91 Å². The van der Waals surface area contributed by atoms with E-state index in [2.05, 4.69) is 5.32 Å². The summed E-state index contributed by atoms with van der Waals surface area (Å²) < 4.78 is 31.0. The summed E-state index contributed by atoms with van der Waals surface area (Å²) in [5.41, 5.74) is 4.86. The molecular formula is C13H17Cl3F2N2O2. The van der Waals surface area contributed by atoms with Gasteiger partial charge >= 0.3 is 0 Å². The standard InChI is InChI=1S/C13H16Cl2F2N2O2.ClH/c14-9-3-1-4-10(12(9)15)21-6-2-5-11(20)19-8-13(16,17)7-18;/h1,3-4H,2,5-8,18H2,(H,19,20);1H. The average Bonchev–Trinajstić information content (AvgIpc) is 2.45. The number of amides is 1. The minimum Gasteiger partial charge on any atom is -0.492 e. The van der Waals surface area contributed by atoms with Gasteiger partial charge in [-0.25, -0.2) is 8.78 Å². The zero-order valence-electron chi connectivity index (χ0n) is 11.6. The van der Waals surface area contributed by atoms with Gasteiger partial charge in [0.25, 0.3) is 5.92 Å². The van der Waals surface area contributed by atoms with Crippen molar-refractivity contribution >= 4 is 41.5 Å². The molecule has 0 spiro atoms. The van der Waals surface area contributed by atoms with E-state index < -0.39 is 24.9 Å². The highest BCUT2D eigenvalue weighted by atomic mass is 35.5. The third-order valence-corrected chi connectivity index (χ3v) is 3.37. The second-order valence-electron chi connectivity index (χ2n) is 4.34. The maximum atomic E-state index is 12.8. The van der Waals surface area contributed by atoms with Crippen LogP contribution in [0.1, 0.15) is 12.8 Å². The molecule has 3 N–H and O–H groups in total. The van der Waals surface area contributed by atoms with E-state index in [4.69, 9.17) is 33.7 Å². The summed E-state index contributed by atoms with van der Waals surface area (Å²) in [6.45, 7) is -1.34. The highest BCUT2D eigenvalue weighted by Gasteiger charge is 2.26. The largest absolute Gasteiger partial charge is 0.492 e. The Hall–Kier alpha value is -0.820. The minimum atomic E-state index is -3.08. The number of rotatable bonds is 8. The van der Waals surface area contributed by atoms with Crippen molar-refractivity contribution in [2.75, 3.05) is 19.7 Å². The van der Waals surface area contributed by atoms with Gasteiger partial charge in [0.1, 0.15) is 10.8 Å². The third kappa shape index (κ3) is 7.45. The first kappa shape index (κ1) is 21.2. The van der Waals surface area contributed by atoms with Gasteiger partial charge in [0.05, 0.1) is 24.7 Å². The monoisotopic (exact) mass is 376 g/mol. The first-order valence-corrected chi connectivity index (χ1v) is 7.03. The zero-order chi connectivity index (χ0) is 15.9. The summed E-state index contributed by atoms with van der Waals surface area (Å²) >= 11 is 11.7. The number of ether oxygens (including phenoxy) is 1. The lowest BCUT2D eigenvalue weighted by Gasteiger charge is -2.14. The first-order chi connectivity index (χ1) is 9.85. The van der Waals surface area contributed by atoms with Crippen LogP contribution in [-0.4, -0.2) is 31.5 Å². The van der Waals surface area contributed by atoms with Gasteiger partial charge in [-0.3, -0.25) is 4.79 Å². The molecule has 0 radical (unpaired) electrons. The number of alkyl halides is 2. The summed E-state index contributed by atoms with van der Waals surface area (Å²) in [6.07, 6.45) is 0.432. The molecule has 0 unspecified atom stereocenters. The fourth-order valence-electron chi connectivity index (χ4n) is 1.40. The predicted molar refractivity (Wildman–Crippen MR) is 85.5 cm³/mol. The lowest BCUT2D eigenvalue weighted by molar-refractivity contribution is -0.123. The number of hydrogen-bond donors (Lipinski definition) is 2. The van der Waals surface area contributed by atoms with Crippen molar-refractivity contribution in [3.05, 3.63) is 28.2 Å². The van der Waals surface area contributed by atoms with E-state index in [1.807, 2.05) is 0 Å². The molecule has 0 aromatic heterocycles. The average molecular weight is 378 g/mol. The predicted octanol–water partition coefficient (Wildman–Crippen LogP) is 3.28. The molecule has 1 rings (SSSR count). The molecule has 1 amide bonds. The maximum Gasteiger partial charge on any atom is 0.277 e. The zero-order valence-corrected chi connectivity index (χ0v) is 13.9. The Balaban J connectivity index is 0.00000441. The molecule has 0 bridgehead atoms. The van der Waals surface area contributed by atoms with Crippen LogP contribution in [0.3, 0.4) is 0 Å². The molecule has 22 heavy (non-hydrogen) atoms. The van der Waals surface area contributed by atoms with E-state index in [1.54, 1.807) is 18.2 Å². The van der Waals surface area contributed by atoms with Crippen molar-refractivity contribution in [3.63, 3.8) is 0 Å². The number of hydrogen-bond acceptors (Lipinski definition) is 3. The third-order valence-electron chi connectivity index (χ3n) is 2.56. The summed E-state index contributed by atoms with van der Waals surface area (Å²) in [7, 11) is 0. The summed E-state index contributed by atoms with van der Waals surface area (Å²) in [6, 6.07) is 4.96. The molecule has 126 valence electrons. The van der Waals surface area contributed by atoms with E-state index >= 15 is 0 Å². The van der Waals surface area contributed by atoms with Crippen LogP contribution in [0.15, 0.2) is 18.2 Å². The van der Waals surface area contributed by atoms with Gasteiger partial charge in [-0.05, 0) is 18.6 Å². The SMILES string of the molecule is Cl.NCC(F)(F)CNC(=O)CCCOc1cccc(Cl)c1Cl. The normalized spacial score (nSPS) is 10.8. The van der Waals surface area contributed by atoms with E-state index in [-0.39, 0.29) is 25.4 Å². The number of halogens is 5. The highest BCUT2D eigenvalue weighted by Crippen LogP contribution is 2.31. The Morgan fingerprint density at radius 2 is 2.05 bits per heavy atom. The molecule has 0 saturated carbocycles. The van der Waals surface area contributed by atoms with Crippen LogP contribution >= 0.6 is 35.6 Å². The van der Waals surface area contributed by atoms with Crippen molar-refractivity contribution in [2.24, 2.45) is 5.73 Å². The number of carbonyl (C=O) groups excluding carboxylic acids is 1. The lowest BCUT2D eigenvalue weighted by Crippen LogP contribution is -2.41. The van der Waals surface area contributed by atoms with Crippen LogP contribution in [-0.2, 0) is 4.79 Å². The first-order valence-electron chi connectivity index (χ1n) is 6.27. The molecular weight excluding hydrogens is 361 g/mol. The smallest absolute Gasteiger partial charge is 0.277 e. The van der Waals surface area contributed by atoms with Crippen LogP contribution in [0, 0.1) is 0 Å². The molecule has 0 aliphatic rings. The van der Waals surface area contributed by atoms with Crippen molar-refractivity contribution in [3.8, 4) is 5.75 Å². The number of carbonyl (C=O) groups is 1. The Labute approximate surface area is 143 Å². The second kappa shape index (κ2) is 10.0. The highest BCUT2D eigenvalue weighted by molar-refractivity contribution is 6.42. The topological polar surface area (TPSA) is 64.3 Å². The van der Waals surface area contributed by atoms with Gasteiger partial charge < -0.3 is 15.8 Å². The van der Waals surface area contributed by atoms with Crippen LogP contribution in [0.25, 0.3) is 0 Å². The van der Waals surface area contributed by atoms with Gasteiger partial charge in [-0.2, -0.15) is 0 Å². The van der Waals surface area contributed by atoms with Crippen LogP contribution in [0.4, 0.5) is 8.78 Å². The molecule has 1 aromatic carbocycles. The fourth-order valence-corrected chi connectivity index (χ4v) is 1.75. The van der Waals surface area contributed by atoms with E-state index in [9.17, 15) is 13.6 Å². The molecule has 0 atom stereocenters. The van der Waals surface area contributed by atoms with Gasteiger partial charge in [0, 0.05) is 6.42 Å². The Morgan fingerprint density at radius 3 is 2.68 bits per heavy atom. The molecule has 0 aliphatic carbocycles. The maximum absolute atomic E-state index is 12.8. The van der Waals surface area contributed by atoms with E-state index in [1.165, 1.54) is 0 Å². The molecule has 0 saturated heterocycles. The van der Waals surface area contributed by atoms with Crippen LogP contribution < -0.4 is 15.8 Å². The number of nitrogens with one attached hydrogen (secondary N) is 1. The van der Waals surface area contributed by atoms with Crippen molar-refractivity contribution in [1.29, 1.82) is 0 Å². The fraction of sp³-hybridized carbons (Fsp3) is 0.462. The van der Waals surface area contributed by atoms with Crippen LogP contribution in [0.2, 0.25) is 10.0 Å². The molecule has 0 aliphatic heterocycles. The van der Waals surface area contributed by atoms with Gasteiger partial charge in [-0.15, -0.1) is 12.4 Å². The Bertz CT molecular complexity index is 490. The lowest BCUT2D eigenvalue weighted by atomic mass is 10.3. The van der Waals surface area contributed by atoms with E-state index in [0.717, 1.165) is 0 Å². The Morgan fingerprint density at radius 1 is 1.36 bits per heavy atom.